The lowest BCUT2D eigenvalue weighted by Gasteiger charge is -2.12. The quantitative estimate of drug-likeness (QED) is 0.632. The molecule has 3 aromatic rings. The van der Waals surface area contributed by atoms with Gasteiger partial charge in [-0.25, -0.2) is 4.98 Å². The summed E-state index contributed by atoms with van der Waals surface area (Å²) in [7, 11) is 1.63. The Morgan fingerprint density at radius 1 is 1.20 bits per heavy atom. The van der Waals surface area contributed by atoms with E-state index in [0.29, 0.717) is 24.7 Å². The van der Waals surface area contributed by atoms with E-state index >= 15 is 0 Å². The Bertz CT molecular complexity index is 948. The summed E-state index contributed by atoms with van der Waals surface area (Å²) in [5, 5.41) is 0. The predicted molar refractivity (Wildman–Crippen MR) is 101 cm³/mol. The number of terminal acetylenes is 1. The fourth-order valence-electron chi connectivity index (χ4n) is 2.75. The molecule has 0 spiro atoms. The molecule has 0 atom stereocenters. The van der Waals surface area contributed by atoms with Gasteiger partial charge in [0.2, 0.25) is 0 Å². The molecule has 0 aliphatic rings. The number of aromatic nitrogens is 2. The van der Waals surface area contributed by atoms with Gasteiger partial charge in [-0.3, -0.25) is 0 Å². The summed E-state index contributed by atoms with van der Waals surface area (Å²) in [5.74, 6) is 4.84. The van der Waals surface area contributed by atoms with Crippen LogP contribution >= 0.6 is 0 Å². The van der Waals surface area contributed by atoms with Crippen molar-refractivity contribution in [2.45, 2.75) is 20.1 Å². The molecule has 0 saturated heterocycles. The number of ether oxygens (including phenoxy) is 2. The summed E-state index contributed by atoms with van der Waals surface area (Å²) in [6, 6.07) is 13.8. The van der Waals surface area contributed by atoms with Gasteiger partial charge < -0.3 is 14.0 Å². The minimum absolute atomic E-state index is 0.315. The maximum absolute atomic E-state index is 5.96. The van der Waals surface area contributed by atoms with E-state index in [-0.39, 0.29) is 0 Å². The molecule has 0 fully saturated rings. The van der Waals surface area contributed by atoms with Crippen LogP contribution in [-0.2, 0) is 13.2 Å². The Morgan fingerprint density at radius 2 is 2.04 bits per heavy atom. The van der Waals surface area contributed by atoms with E-state index in [0.717, 1.165) is 22.4 Å². The first-order valence-electron chi connectivity index (χ1n) is 8.08. The normalized spacial score (nSPS) is 10.9. The van der Waals surface area contributed by atoms with Crippen molar-refractivity contribution in [2.24, 2.45) is 0 Å². The van der Waals surface area contributed by atoms with Gasteiger partial charge in [0.25, 0.3) is 0 Å². The summed E-state index contributed by atoms with van der Waals surface area (Å²) >= 11 is 0. The molecule has 0 amide bonds. The van der Waals surface area contributed by atoms with Crippen LogP contribution in [0.1, 0.15) is 18.3 Å². The molecule has 25 heavy (non-hydrogen) atoms. The number of hydrogen-bond donors (Lipinski definition) is 0. The number of imidazole rings is 1. The van der Waals surface area contributed by atoms with Crippen LogP contribution in [0, 0.1) is 12.3 Å². The first-order chi connectivity index (χ1) is 12.3. The van der Waals surface area contributed by atoms with E-state index in [4.69, 9.17) is 15.9 Å². The van der Waals surface area contributed by atoms with Crippen molar-refractivity contribution in [3.8, 4) is 23.8 Å². The third kappa shape index (κ3) is 3.51. The van der Waals surface area contributed by atoms with Gasteiger partial charge in [0.15, 0.2) is 11.5 Å². The summed E-state index contributed by atoms with van der Waals surface area (Å²) < 4.78 is 13.4. The van der Waals surface area contributed by atoms with Crippen molar-refractivity contribution in [2.75, 3.05) is 7.11 Å². The van der Waals surface area contributed by atoms with Crippen LogP contribution in [0.3, 0.4) is 0 Å². The molecule has 126 valence electrons. The van der Waals surface area contributed by atoms with Crippen LogP contribution in [0.5, 0.6) is 11.5 Å². The summed E-state index contributed by atoms with van der Waals surface area (Å²) in [4.78, 5) is 4.64. The van der Waals surface area contributed by atoms with Crippen molar-refractivity contribution in [3.63, 3.8) is 0 Å². The monoisotopic (exact) mass is 332 g/mol. The number of benzene rings is 2. The highest BCUT2D eigenvalue weighted by Crippen LogP contribution is 2.29. The molecule has 1 heterocycles. The second-order valence-corrected chi connectivity index (χ2v) is 5.51. The van der Waals surface area contributed by atoms with Crippen molar-refractivity contribution in [1.29, 1.82) is 0 Å². The van der Waals surface area contributed by atoms with Crippen LogP contribution in [-0.4, -0.2) is 16.7 Å². The summed E-state index contributed by atoms with van der Waals surface area (Å²) in [5.41, 5.74) is 2.98. The van der Waals surface area contributed by atoms with Crippen molar-refractivity contribution >= 4 is 17.1 Å². The molecule has 1 aromatic heterocycles. The van der Waals surface area contributed by atoms with Crippen molar-refractivity contribution < 1.29 is 9.47 Å². The standard InChI is InChI=1S/C21H20N2O2/c1-4-8-16-11-12-19(20(14-16)24-3)25-15-21-22-17-9-6-7-10-18(17)23(21)13-5-2/h2,4,6-12,14H,13,15H2,1,3H3. The number of allylic oxidation sites excluding steroid dienone is 1. The lowest BCUT2D eigenvalue weighted by Crippen LogP contribution is -2.07. The largest absolute Gasteiger partial charge is 0.493 e. The Kier molecular flexibility index (Phi) is 5.06. The second-order valence-electron chi connectivity index (χ2n) is 5.51. The molecule has 0 bridgehead atoms. The number of para-hydroxylation sites is 2. The number of nitrogens with zero attached hydrogens (tertiary/aromatic N) is 2. The van der Waals surface area contributed by atoms with Crippen LogP contribution in [0.15, 0.2) is 48.5 Å². The highest BCUT2D eigenvalue weighted by molar-refractivity contribution is 5.76. The molecule has 0 unspecified atom stereocenters. The van der Waals surface area contributed by atoms with Gasteiger partial charge in [0.05, 0.1) is 24.7 Å². The third-order valence-electron chi connectivity index (χ3n) is 3.89. The average Bonchev–Trinajstić information content (AvgIpc) is 2.99. The van der Waals surface area contributed by atoms with Crippen LogP contribution in [0.2, 0.25) is 0 Å². The number of hydrogen-bond acceptors (Lipinski definition) is 3. The van der Waals surface area contributed by atoms with E-state index in [1.807, 2.05) is 66.1 Å². The topological polar surface area (TPSA) is 36.3 Å². The summed E-state index contributed by atoms with van der Waals surface area (Å²) in [6.07, 6.45) is 9.51. The molecule has 0 radical (unpaired) electrons. The highest BCUT2D eigenvalue weighted by Gasteiger charge is 2.12. The lowest BCUT2D eigenvalue weighted by atomic mass is 10.2. The minimum atomic E-state index is 0.315. The summed E-state index contributed by atoms with van der Waals surface area (Å²) in [6.45, 7) is 2.75. The molecule has 4 nitrogen and oxygen atoms in total. The fourth-order valence-corrected chi connectivity index (χ4v) is 2.75. The van der Waals surface area contributed by atoms with Gasteiger partial charge in [-0.05, 0) is 36.8 Å². The third-order valence-corrected chi connectivity index (χ3v) is 3.89. The minimum Gasteiger partial charge on any atom is -0.493 e. The Hall–Kier alpha value is -3.19. The van der Waals surface area contributed by atoms with Crippen molar-refractivity contribution in [1.82, 2.24) is 9.55 Å². The van der Waals surface area contributed by atoms with Gasteiger partial charge in [-0.1, -0.05) is 36.3 Å². The van der Waals surface area contributed by atoms with E-state index in [2.05, 4.69) is 10.9 Å². The van der Waals surface area contributed by atoms with E-state index in [1.54, 1.807) is 7.11 Å². The Labute approximate surface area is 147 Å². The van der Waals surface area contributed by atoms with Gasteiger partial charge in [-0.2, -0.15) is 0 Å². The number of methoxy groups -OCH3 is 1. The highest BCUT2D eigenvalue weighted by atomic mass is 16.5. The van der Waals surface area contributed by atoms with E-state index < -0.39 is 0 Å². The van der Waals surface area contributed by atoms with Gasteiger partial charge in [0, 0.05) is 0 Å². The molecule has 2 aromatic carbocycles. The molecule has 4 heteroatoms. The van der Waals surface area contributed by atoms with Crippen LogP contribution in [0.25, 0.3) is 17.1 Å². The molecule has 0 aliphatic heterocycles. The molecular formula is C21H20N2O2. The number of rotatable bonds is 6. The second kappa shape index (κ2) is 7.59. The maximum atomic E-state index is 5.96. The smallest absolute Gasteiger partial charge is 0.161 e. The van der Waals surface area contributed by atoms with Crippen LogP contribution < -0.4 is 9.47 Å². The molecule has 0 N–H and O–H groups in total. The molecule has 3 rings (SSSR count). The lowest BCUT2D eigenvalue weighted by molar-refractivity contribution is 0.273. The SMILES string of the molecule is C#CCn1c(COc2ccc(C=CC)cc2OC)nc2ccccc21. The molecular weight excluding hydrogens is 312 g/mol. The fraction of sp³-hybridized carbons (Fsp3) is 0.190. The Morgan fingerprint density at radius 3 is 2.80 bits per heavy atom. The maximum Gasteiger partial charge on any atom is 0.161 e. The Balaban J connectivity index is 1.88. The van der Waals surface area contributed by atoms with Gasteiger partial charge in [0.1, 0.15) is 12.4 Å². The average molecular weight is 332 g/mol. The predicted octanol–water partition coefficient (Wildman–Crippen LogP) is 4.29. The van der Waals surface area contributed by atoms with Crippen molar-refractivity contribution in [3.05, 3.63) is 59.9 Å². The van der Waals surface area contributed by atoms with Gasteiger partial charge in [-0.15, -0.1) is 6.42 Å². The zero-order valence-electron chi connectivity index (χ0n) is 14.4. The van der Waals surface area contributed by atoms with E-state index in [9.17, 15) is 0 Å². The zero-order valence-corrected chi connectivity index (χ0v) is 14.4. The molecule has 0 saturated carbocycles. The first-order valence-corrected chi connectivity index (χ1v) is 8.08. The van der Waals surface area contributed by atoms with Crippen LogP contribution in [0.4, 0.5) is 0 Å². The first kappa shape index (κ1) is 16.7. The number of fused-ring (bicyclic) bond motifs is 1. The zero-order chi connectivity index (χ0) is 17.6. The molecule has 0 aliphatic carbocycles. The van der Waals surface area contributed by atoms with Gasteiger partial charge >= 0.3 is 0 Å². The van der Waals surface area contributed by atoms with E-state index in [1.165, 1.54) is 0 Å².